The highest BCUT2D eigenvalue weighted by Gasteiger charge is 2.34. The molecule has 0 spiro atoms. The number of alkyl halides is 3. The third kappa shape index (κ3) is 6.93. The Morgan fingerprint density at radius 2 is 1.81 bits per heavy atom. The number of hydrogen-bond acceptors (Lipinski definition) is 3. The van der Waals surface area contributed by atoms with Gasteiger partial charge in [-0.25, -0.2) is 0 Å². The molecule has 4 aromatic rings. The van der Waals surface area contributed by atoms with Crippen LogP contribution in [0.3, 0.4) is 0 Å². The first-order chi connectivity index (χ1) is 17.6. The third-order valence-corrected chi connectivity index (χ3v) is 6.79. The maximum atomic E-state index is 13.4. The maximum Gasteiger partial charge on any atom is 0.417 e. The molecule has 0 fully saturated rings. The SMILES string of the molecule is C[C@H](CN(CCc1cc2cc(CC(=O)O)ccc2o1)Cc1cccc(C(F)(F)F)c1Cl)c1ccccc1. The van der Waals surface area contributed by atoms with Gasteiger partial charge in [0.15, 0.2) is 0 Å². The van der Waals surface area contributed by atoms with Crippen molar-refractivity contribution in [1.29, 1.82) is 0 Å². The lowest BCUT2D eigenvalue weighted by molar-refractivity contribution is -0.138. The molecule has 194 valence electrons. The van der Waals surface area contributed by atoms with Gasteiger partial charge in [-0.15, -0.1) is 0 Å². The van der Waals surface area contributed by atoms with Gasteiger partial charge in [-0.05, 0) is 46.9 Å². The fourth-order valence-corrected chi connectivity index (χ4v) is 4.79. The van der Waals surface area contributed by atoms with Crippen LogP contribution in [0.15, 0.2) is 77.2 Å². The molecule has 1 aromatic heterocycles. The van der Waals surface area contributed by atoms with Gasteiger partial charge in [0, 0.05) is 31.4 Å². The molecule has 1 N–H and O–H groups in total. The number of aliphatic carboxylic acids is 1. The quantitative estimate of drug-likeness (QED) is 0.230. The minimum atomic E-state index is -4.52. The molecule has 3 aromatic carbocycles. The van der Waals surface area contributed by atoms with Crippen molar-refractivity contribution in [2.45, 2.75) is 38.4 Å². The van der Waals surface area contributed by atoms with Gasteiger partial charge in [0.05, 0.1) is 17.0 Å². The van der Waals surface area contributed by atoms with Crippen LogP contribution in [-0.2, 0) is 30.4 Å². The second-order valence-corrected chi connectivity index (χ2v) is 9.61. The Labute approximate surface area is 218 Å². The molecular formula is C29H27ClF3NO3. The Hall–Kier alpha value is -3.29. The van der Waals surface area contributed by atoms with Crippen LogP contribution in [0.5, 0.6) is 0 Å². The van der Waals surface area contributed by atoms with Crippen LogP contribution < -0.4 is 0 Å². The summed E-state index contributed by atoms with van der Waals surface area (Å²) in [5.41, 5.74) is 2.06. The molecule has 0 aliphatic heterocycles. The molecule has 0 unspecified atom stereocenters. The second-order valence-electron chi connectivity index (χ2n) is 9.23. The zero-order chi connectivity index (χ0) is 26.6. The first-order valence-electron chi connectivity index (χ1n) is 11.9. The number of hydrogen-bond donors (Lipinski definition) is 1. The van der Waals surface area contributed by atoms with E-state index in [-0.39, 0.29) is 23.9 Å². The van der Waals surface area contributed by atoms with Gasteiger partial charge in [0.1, 0.15) is 11.3 Å². The fraction of sp³-hybridized carbons (Fsp3) is 0.276. The van der Waals surface area contributed by atoms with Crippen molar-refractivity contribution in [3.05, 3.63) is 106 Å². The van der Waals surface area contributed by atoms with Gasteiger partial charge in [-0.3, -0.25) is 9.69 Å². The zero-order valence-corrected chi connectivity index (χ0v) is 21.0. The number of nitrogens with zero attached hydrogens (tertiary/aromatic N) is 1. The van der Waals surface area contributed by atoms with E-state index in [9.17, 15) is 18.0 Å². The molecule has 0 aliphatic carbocycles. The fourth-order valence-electron chi connectivity index (χ4n) is 4.49. The lowest BCUT2D eigenvalue weighted by atomic mass is 10.00. The molecule has 0 amide bonds. The van der Waals surface area contributed by atoms with Crippen LogP contribution in [0, 0.1) is 0 Å². The molecule has 0 saturated heterocycles. The van der Waals surface area contributed by atoms with Crippen molar-refractivity contribution in [3.8, 4) is 0 Å². The largest absolute Gasteiger partial charge is 0.481 e. The number of carboxylic acid groups (broad SMARTS) is 1. The maximum absolute atomic E-state index is 13.4. The number of carboxylic acids is 1. The molecule has 4 rings (SSSR count). The number of carbonyl (C=O) groups is 1. The molecule has 0 aliphatic rings. The van der Waals surface area contributed by atoms with Crippen molar-refractivity contribution in [1.82, 2.24) is 4.90 Å². The smallest absolute Gasteiger partial charge is 0.417 e. The van der Waals surface area contributed by atoms with Crippen LogP contribution in [0.4, 0.5) is 13.2 Å². The average molecular weight is 530 g/mol. The topological polar surface area (TPSA) is 53.7 Å². The summed E-state index contributed by atoms with van der Waals surface area (Å²) >= 11 is 6.21. The number of furan rings is 1. The summed E-state index contributed by atoms with van der Waals surface area (Å²) in [7, 11) is 0. The van der Waals surface area contributed by atoms with Gasteiger partial charge in [-0.2, -0.15) is 13.2 Å². The van der Waals surface area contributed by atoms with Gasteiger partial charge in [0.2, 0.25) is 0 Å². The normalized spacial score (nSPS) is 12.8. The Bertz CT molecular complexity index is 1370. The van der Waals surface area contributed by atoms with Gasteiger partial charge in [-0.1, -0.05) is 67.1 Å². The van der Waals surface area contributed by atoms with Crippen LogP contribution in [0.25, 0.3) is 11.0 Å². The number of fused-ring (bicyclic) bond motifs is 1. The zero-order valence-electron chi connectivity index (χ0n) is 20.3. The van der Waals surface area contributed by atoms with E-state index in [0.29, 0.717) is 36.2 Å². The summed E-state index contributed by atoms with van der Waals surface area (Å²) in [5, 5.41) is 9.59. The number of benzene rings is 3. The highest BCUT2D eigenvalue weighted by Crippen LogP contribution is 2.36. The summed E-state index contributed by atoms with van der Waals surface area (Å²) < 4.78 is 46.2. The summed E-state index contributed by atoms with van der Waals surface area (Å²) in [4.78, 5) is 13.1. The van der Waals surface area contributed by atoms with E-state index in [1.165, 1.54) is 6.07 Å². The van der Waals surface area contributed by atoms with Crippen LogP contribution in [0.1, 0.15) is 40.9 Å². The second kappa shape index (κ2) is 11.4. The first kappa shape index (κ1) is 26.8. The Kier molecular flexibility index (Phi) is 8.25. The van der Waals surface area contributed by atoms with Gasteiger partial charge in [0.25, 0.3) is 0 Å². The molecule has 4 nitrogen and oxygen atoms in total. The van der Waals surface area contributed by atoms with E-state index in [1.807, 2.05) is 36.4 Å². The van der Waals surface area contributed by atoms with Crippen molar-refractivity contribution < 1.29 is 27.5 Å². The molecule has 1 heterocycles. The number of rotatable bonds is 10. The van der Waals surface area contributed by atoms with E-state index >= 15 is 0 Å². The highest BCUT2D eigenvalue weighted by molar-refractivity contribution is 6.32. The van der Waals surface area contributed by atoms with Gasteiger partial charge < -0.3 is 9.52 Å². The van der Waals surface area contributed by atoms with E-state index in [4.69, 9.17) is 21.1 Å². The Morgan fingerprint density at radius 1 is 1.05 bits per heavy atom. The molecule has 37 heavy (non-hydrogen) atoms. The van der Waals surface area contributed by atoms with Crippen molar-refractivity contribution in [2.75, 3.05) is 13.1 Å². The lowest BCUT2D eigenvalue weighted by Crippen LogP contribution is -2.30. The summed E-state index contributed by atoms with van der Waals surface area (Å²) in [6.07, 6.45) is -4.07. The average Bonchev–Trinajstić information content (AvgIpc) is 3.25. The monoisotopic (exact) mass is 529 g/mol. The van der Waals surface area contributed by atoms with Crippen LogP contribution >= 0.6 is 11.6 Å². The van der Waals surface area contributed by atoms with E-state index in [1.54, 1.807) is 24.3 Å². The van der Waals surface area contributed by atoms with E-state index in [0.717, 1.165) is 22.8 Å². The Morgan fingerprint density at radius 3 is 2.51 bits per heavy atom. The number of halogens is 4. The predicted molar refractivity (Wildman–Crippen MR) is 138 cm³/mol. The minimum absolute atomic E-state index is 0.0701. The lowest BCUT2D eigenvalue weighted by Gasteiger charge is -2.27. The molecule has 0 bridgehead atoms. The standard InChI is InChI=1S/C29H27ClF3NO3/c1-19(21-6-3-2-4-7-21)17-34(18-22-8-5-9-25(28(22)30)29(31,32)33)13-12-24-16-23-14-20(15-27(35)36)10-11-26(23)37-24/h2-11,14,16,19H,12-13,15,17-18H2,1H3,(H,35,36)/t19-/m1/s1. The van der Waals surface area contributed by atoms with Crippen molar-refractivity contribution in [3.63, 3.8) is 0 Å². The van der Waals surface area contributed by atoms with Crippen LogP contribution in [0.2, 0.25) is 5.02 Å². The highest BCUT2D eigenvalue weighted by atomic mass is 35.5. The summed E-state index contributed by atoms with van der Waals surface area (Å²) in [6, 6.07) is 21.1. The summed E-state index contributed by atoms with van der Waals surface area (Å²) in [5.74, 6) is -0.0468. The van der Waals surface area contributed by atoms with E-state index < -0.39 is 17.7 Å². The van der Waals surface area contributed by atoms with E-state index in [2.05, 4.69) is 11.8 Å². The minimum Gasteiger partial charge on any atom is -0.481 e. The predicted octanol–water partition coefficient (Wildman–Crippen LogP) is 7.58. The molecule has 0 radical (unpaired) electrons. The molecule has 8 heteroatoms. The molecule has 1 atom stereocenters. The van der Waals surface area contributed by atoms with Crippen LogP contribution in [-0.4, -0.2) is 29.1 Å². The molecular weight excluding hydrogens is 503 g/mol. The third-order valence-electron chi connectivity index (χ3n) is 6.34. The summed E-state index contributed by atoms with van der Waals surface area (Å²) in [6.45, 7) is 3.48. The van der Waals surface area contributed by atoms with Gasteiger partial charge >= 0.3 is 12.1 Å². The first-order valence-corrected chi connectivity index (χ1v) is 12.3. The van der Waals surface area contributed by atoms with Crippen molar-refractivity contribution >= 4 is 28.5 Å². The van der Waals surface area contributed by atoms with Crippen molar-refractivity contribution in [2.24, 2.45) is 0 Å². The Balaban J connectivity index is 1.55. The molecule has 0 saturated carbocycles.